The Balaban J connectivity index is 1.58. The molecule has 1 saturated carbocycles. The molecular formula is C28H31ClFN5O5. The smallest absolute Gasteiger partial charge is 0.317 e. The van der Waals surface area contributed by atoms with Gasteiger partial charge in [0.05, 0.1) is 36.0 Å². The zero-order chi connectivity index (χ0) is 28.9. The molecule has 4 N–H and O–H groups in total. The Morgan fingerprint density at radius 1 is 1.25 bits per heavy atom. The number of carbonyl (C=O) groups is 2. The van der Waals surface area contributed by atoms with E-state index in [2.05, 4.69) is 20.6 Å². The first-order valence-corrected chi connectivity index (χ1v) is 13.1. The van der Waals surface area contributed by atoms with E-state index in [1.807, 2.05) is 0 Å². The maximum atomic E-state index is 13.6. The molecule has 212 valence electrons. The number of aliphatic hydroxyl groups excluding tert-OH is 1. The van der Waals surface area contributed by atoms with Crippen molar-refractivity contribution in [3.8, 4) is 5.75 Å². The number of carboxylic acid groups (broad SMARTS) is 1. The quantitative estimate of drug-likeness (QED) is 0.217. The van der Waals surface area contributed by atoms with Crippen molar-refractivity contribution in [2.45, 2.75) is 32.2 Å². The summed E-state index contributed by atoms with van der Waals surface area (Å²) in [5, 5.41) is 25.4. The molecule has 1 fully saturated rings. The number of carboxylic acids is 1. The van der Waals surface area contributed by atoms with Gasteiger partial charge in [-0.3, -0.25) is 14.5 Å². The first-order chi connectivity index (χ1) is 19.1. The van der Waals surface area contributed by atoms with Gasteiger partial charge in [-0.05, 0) is 56.9 Å². The van der Waals surface area contributed by atoms with Crippen molar-refractivity contribution in [2.24, 2.45) is 5.92 Å². The molecule has 0 aliphatic heterocycles. The number of carbonyl (C=O) groups excluding carboxylic acids is 1. The van der Waals surface area contributed by atoms with Gasteiger partial charge >= 0.3 is 5.97 Å². The van der Waals surface area contributed by atoms with Crippen LogP contribution in [0.2, 0.25) is 5.02 Å². The molecule has 40 heavy (non-hydrogen) atoms. The van der Waals surface area contributed by atoms with Crippen LogP contribution in [0.1, 0.15) is 26.7 Å². The van der Waals surface area contributed by atoms with Gasteiger partial charge in [0.2, 0.25) is 5.91 Å². The van der Waals surface area contributed by atoms with Crippen LogP contribution in [0.5, 0.6) is 5.75 Å². The number of nitrogens with zero attached hydrogens (tertiary/aromatic N) is 3. The van der Waals surface area contributed by atoms with Crippen molar-refractivity contribution in [3.63, 3.8) is 0 Å². The Hall–Kier alpha value is -3.80. The highest BCUT2D eigenvalue weighted by atomic mass is 35.5. The predicted molar refractivity (Wildman–Crippen MR) is 151 cm³/mol. The van der Waals surface area contributed by atoms with E-state index in [1.54, 1.807) is 30.9 Å². The van der Waals surface area contributed by atoms with E-state index in [1.165, 1.54) is 36.7 Å². The third-order valence-electron chi connectivity index (χ3n) is 6.51. The van der Waals surface area contributed by atoms with Crippen molar-refractivity contribution in [2.75, 3.05) is 36.9 Å². The van der Waals surface area contributed by atoms with Crippen LogP contribution in [-0.4, -0.2) is 68.8 Å². The molecule has 0 radical (unpaired) electrons. The highest BCUT2D eigenvalue weighted by Gasteiger charge is 2.27. The van der Waals surface area contributed by atoms with Crippen molar-refractivity contribution in [3.05, 3.63) is 59.7 Å². The number of aliphatic hydroxyl groups is 1. The van der Waals surface area contributed by atoms with Crippen LogP contribution >= 0.6 is 11.6 Å². The number of fused-ring (bicyclic) bond motifs is 1. The van der Waals surface area contributed by atoms with Crippen molar-refractivity contribution in [1.82, 2.24) is 14.9 Å². The Morgan fingerprint density at radius 3 is 2.70 bits per heavy atom. The highest BCUT2D eigenvalue weighted by molar-refractivity contribution is 6.31. The zero-order valence-electron chi connectivity index (χ0n) is 22.2. The van der Waals surface area contributed by atoms with Crippen LogP contribution in [0.4, 0.5) is 21.6 Å². The predicted octanol–water partition coefficient (Wildman–Crippen LogP) is 4.61. The summed E-state index contributed by atoms with van der Waals surface area (Å²) in [5.41, 5.74) is 0.696. The molecule has 0 atom stereocenters. The van der Waals surface area contributed by atoms with Crippen LogP contribution in [0.3, 0.4) is 0 Å². The number of halogens is 2. The standard InChI is InChI=1S/C28H31ClFN5O5/c1-28(2,15-36)35(13-26(38)39)9-3-4-25(37)34-23-11-19-22(12-24(23)40-14-17-5-6-17)31-16-32-27(19)33-18-7-8-21(30)20(29)10-18/h3-4,7-8,10-12,16-17,36H,5-6,9,13-15H2,1-2H3,(H,34,37)(H,38,39)(H,31,32,33). The van der Waals surface area contributed by atoms with E-state index in [9.17, 15) is 24.2 Å². The first kappa shape index (κ1) is 29.2. The lowest BCUT2D eigenvalue weighted by atomic mass is 10.0. The molecule has 0 saturated heterocycles. The second kappa shape index (κ2) is 12.6. The summed E-state index contributed by atoms with van der Waals surface area (Å²) in [7, 11) is 0. The van der Waals surface area contributed by atoms with Crippen LogP contribution in [0, 0.1) is 11.7 Å². The van der Waals surface area contributed by atoms with E-state index >= 15 is 0 Å². The molecule has 12 heteroatoms. The van der Waals surface area contributed by atoms with Gasteiger partial charge in [0.1, 0.15) is 23.7 Å². The Kier molecular flexibility index (Phi) is 9.18. The van der Waals surface area contributed by atoms with Gasteiger partial charge in [-0.25, -0.2) is 14.4 Å². The summed E-state index contributed by atoms with van der Waals surface area (Å²) in [6, 6.07) is 7.63. The van der Waals surface area contributed by atoms with Crippen molar-refractivity contribution in [1.29, 1.82) is 0 Å². The van der Waals surface area contributed by atoms with Crippen LogP contribution in [0.25, 0.3) is 10.9 Å². The molecular weight excluding hydrogens is 541 g/mol. The number of hydrogen-bond acceptors (Lipinski definition) is 8. The number of aromatic nitrogens is 2. The van der Waals surface area contributed by atoms with Crippen LogP contribution in [-0.2, 0) is 9.59 Å². The lowest BCUT2D eigenvalue weighted by molar-refractivity contribution is -0.140. The number of rotatable bonds is 13. The fourth-order valence-corrected chi connectivity index (χ4v) is 4.03. The summed E-state index contributed by atoms with van der Waals surface area (Å²) in [5.74, 6) is -0.694. The van der Waals surface area contributed by atoms with E-state index in [4.69, 9.17) is 16.3 Å². The topological polar surface area (TPSA) is 137 Å². The average Bonchev–Trinajstić information content (AvgIpc) is 3.74. The number of ether oxygens (including phenoxy) is 1. The van der Waals surface area contributed by atoms with E-state index < -0.39 is 23.2 Å². The molecule has 3 aromatic rings. The molecule has 1 heterocycles. The molecule has 10 nitrogen and oxygen atoms in total. The Bertz CT molecular complexity index is 1430. The summed E-state index contributed by atoms with van der Waals surface area (Å²) in [4.78, 5) is 34.4. The lowest BCUT2D eigenvalue weighted by Crippen LogP contribution is -2.49. The highest BCUT2D eigenvalue weighted by Crippen LogP contribution is 2.36. The Morgan fingerprint density at radius 2 is 2.02 bits per heavy atom. The molecule has 1 amide bonds. The van der Waals surface area contributed by atoms with Crippen molar-refractivity contribution < 1.29 is 28.9 Å². The SMILES string of the molecule is CC(C)(CO)N(CC=CC(=O)Nc1cc2c(Nc3ccc(F)c(Cl)c3)ncnc2cc1OCC1CC1)CC(=O)O. The molecule has 1 aliphatic carbocycles. The molecule has 1 aliphatic rings. The van der Waals surface area contributed by atoms with Crippen LogP contribution in [0.15, 0.2) is 48.8 Å². The van der Waals surface area contributed by atoms with Crippen LogP contribution < -0.4 is 15.4 Å². The number of amides is 1. The van der Waals surface area contributed by atoms with E-state index in [0.29, 0.717) is 46.4 Å². The average molecular weight is 572 g/mol. The second-order valence-corrected chi connectivity index (χ2v) is 10.6. The summed E-state index contributed by atoms with van der Waals surface area (Å²) in [6.07, 6.45) is 6.41. The monoisotopic (exact) mass is 571 g/mol. The van der Waals surface area contributed by atoms with Gasteiger partial charge in [-0.15, -0.1) is 0 Å². The number of aliphatic carboxylic acids is 1. The summed E-state index contributed by atoms with van der Waals surface area (Å²) < 4.78 is 19.6. The first-order valence-electron chi connectivity index (χ1n) is 12.7. The molecule has 2 aromatic carbocycles. The molecule has 4 rings (SSSR count). The minimum absolute atomic E-state index is 0.0387. The number of anilines is 3. The zero-order valence-corrected chi connectivity index (χ0v) is 22.9. The maximum absolute atomic E-state index is 13.6. The molecule has 1 aromatic heterocycles. The lowest BCUT2D eigenvalue weighted by Gasteiger charge is -2.35. The third-order valence-corrected chi connectivity index (χ3v) is 6.80. The minimum atomic E-state index is -1.04. The third kappa shape index (κ3) is 7.65. The van der Waals surface area contributed by atoms with Gasteiger partial charge < -0.3 is 25.6 Å². The molecule has 0 unspecified atom stereocenters. The van der Waals surface area contributed by atoms with Gasteiger partial charge in [-0.2, -0.15) is 0 Å². The molecule has 0 spiro atoms. The fraction of sp³-hybridized carbons (Fsp3) is 0.357. The van der Waals surface area contributed by atoms with E-state index in [-0.39, 0.29) is 24.7 Å². The van der Waals surface area contributed by atoms with Gasteiger partial charge in [-0.1, -0.05) is 17.7 Å². The number of nitrogens with one attached hydrogen (secondary N) is 2. The molecule has 0 bridgehead atoms. The van der Waals surface area contributed by atoms with Gasteiger partial charge in [0, 0.05) is 35.3 Å². The number of benzene rings is 2. The van der Waals surface area contributed by atoms with Gasteiger partial charge in [0.25, 0.3) is 0 Å². The Labute approximate surface area is 235 Å². The van der Waals surface area contributed by atoms with Gasteiger partial charge in [0.15, 0.2) is 0 Å². The normalized spacial score (nSPS) is 13.7. The largest absolute Gasteiger partial charge is 0.491 e. The maximum Gasteiger partial charge on any atom is 0.317 e. The summed E-state index contributed by atoms with van der Waals surface area (Å²) in [6.45, 7) is 3.54. The second-order valence-electron chi connectivity index (χ2n) is 10.2. The van der Waals surface area contributed by atoms with E-state index in [0.717, 1.165) is 12.8 Å². The summed E-state index contributed by atoms with van der Waals surface area (Å²) >= 11 is 5.92. The number of hydrogen-bond donors (Lipinski definition) is 4. The van der Waals surface area contributed by atoms with Crippen molar-refractivity contribution >= 4 is 51.6 Å². The fourth-order valence-electron chi connectivity index (χ4n) is 3.85. The minimum Gasteiger partial charge on any atom is -0.491 e.